The number of sulfonamides is 1. The molecule has 8 heteroatoms. The van der Waals surface area contributed by atoms with E-state index in [0.717, 1.165) is 0 Å². The largest absolute Gasteiger partial charge is 0.273 e. The lowest BCUT2D eigenvalue weighted by molar-refractivity contribution is -0.385. The Morgan fingerprint density at radius 2 is 2.12 bits per heavy atom. The van der Waals surface area contributed by atoms with Crippen molar-refractivity contribution in [3.05, 3.63) is 33.9 Å². The van der Waals surface area contributed by atoms with Gasteiger partial charge in [0.25, 0.3) is 5.69 Å². The van der Waals surface area contributed by atoms with Crippen molar-refractivity contribution in [3.63, 3.8) is 0 Å². The van der Waals surface area contributed by atoms with Crippen molar-refractivity contribution < 1.29 is 13.3 Å². The zero-order chi connectivity index (χ0) is 13.1. The van der Waals surface area contributed by atoms with Gasteiger partial charge in [-0.15, -0.1) is 11.8 Å². The second-order valence-electron chi connectivity index (χ2n) is 3.37. The van der Waals surface area contributed by atoms with Crippen LogP contribution >= 0.6 is 11.8 Å². The standard InChI is InChI=1S/C9H12N2O4S2/c1-7-8(11(12)13)3-2-4-9(7)16-5-6-17(10,14)15/h2-4H,5-6H2,1H3,(H2,10,14,15). The van der Waals surface area contributed by atoms with Crippen molar-refractivity contribution in [1.82, 2.24) is 0 Å². The molecule has 0 saturated carbocycles. The number of nitro benzene ring substituents is 1. The van der Waals surface area contributed by atoms with Crippen molar-refractivity contribution in [1.29, 1.82) is 0 Å². The summed E-state index contributed by atoms with van der Waals surface area (Å²) >= 11 is 1.24. The molecule has 6 nitrogen and oxygen atoms in total. The molecule has 2 N–H and O–H groups in total. The van der Waals surface area contributed by atoms with E-state index in [9.17, 15) is 18.5 Å². The zero-order valence-electron chi connectivity index (χ0n) is 9.12. The van der Waals surface area contributed by atoms with Crippen molar-refractivity contribution in [2.45, 2.75) is 11.8 Å². The highest BCUT2D eigenvalue weighted by atomic mass is 32.2. The van der Waals surface area contributed by atoms with Crippen LogP contribution in [0, 0.1) is 17.0 Å². The van der Waals surface area contributed by atoms with Gasteiger partial charge in [-0.3, -0.25) is 10.1 Å². The maximum absolute atomic E-state index is 10.7. The van der Waals surface area contributed by atoms with Crippen LogP contribution in [0.4, 0.5) is 5.69 Å². The second kappa shape index (κ2) is 5.48. The van der Waals surface area contributed by atoms with Crippen LogP contribution in [0.25, 0.3) is 0 Å². The lowest BCUT2D eigenvalue weighted by atomic mass is 10.2. The summed E-state index contributed by atoms with van der Waals surface area (Å²) in [6.45, 7) is 1.64. The Hall–Kier alpha value is -1.12. The average molecular weight is 276 g/mol. The van der Waals surface area contributed by atoms with Gasteiger partial charge in [-0.2, -0.15) is 0 Å². The molecular formula is C9H12N2O4S2. The smallest absolute Gasteiger partial charge is 0.258 e. The van der Waals surface area contributed by atoms with Crippen molar-refractivity contribution in [2.24, 2.45) is 5.14 Å². The highest BCUT2D eigenvalue weighted by molar-refractivity contribution is 8.00. The van der Waals surface area contributed by atoms with Gasteiger partial charge in [0.15, 0.2) is 0 Å². The van der Waals surface area contributed by atoms with Gasteiger partial charge >= 0.3 is 0 Å². The molecule has 0 unspecified atom stereocenters. The van der Waals surface area contributed by atoms with Gasteiger partial charge in [0.2, 0.25) is 10.0 Å². The van der Waals surface area contributed by atoms with Crippen LogP contribution in [0.15, 0.2) is 23.1 Å². The first-order valence-electron chi connectivity index (χ1n) is 4.68. The monoisotopic (exact) mass is 276 g/mol. The number of thioether (sulfide) groups is 1. The predicted octanol–water partition coefficient (Wildman–Crippen LogP) is 1.28. The molecule has 17 heavy (non-hydrogen) atoms. The Morgan fingerprint density at radius 1 is 1.47 bits per heavy atom. The number of primary sulfonamides is 1. The van der Waals surface area contributed by atoms with E-state index in [1.807, 2.05) is 0 Å². The normalized spacial score (nSPS) is 11.4. The summed E-state index contributed by atoms with van der Waals surface area (Å²) in [5.41, 5.74) is 0.572. The Bertz CT molecular complexity index is 528. The lowest BCUT2D eigenvalue weighted by Crippen LogP contribution is -2.17. The molecule has 1 aromatic rings. The van der Waals surface area contributed by atoms with E-state index in [2.05, 4.69) is 0 Å². The molecule has 1 aromatic carbocycles. The highest BCUT2D eigenvalue weighted by Gasteiger charge is 2.13. The Balaban J connectivity index is 2.79. The minimum atomic E-state index is -3.49. The van der Waals surface area contributed by atoms with Crippen LogP contribution in [0.3, 0.4) is 0 Å². The van der Waals surface area contributed by atoms with Gasteiger partial charge in [-0.1, -0.05) is 6.07 Å². The number of nitrogens with zero attached hydrogens (tertiary/aromatic N) is 1. The molecule has 0 saturated heterocycles. The molecule has 0 amide bonds. The van der Waals surface area contributed by atoms with Crippen LogP contribution < -0.4 is 5.14 Å². The fourth-order valence-corrected chi connectivity index (χ4v) is 3.20. The molecule has 0 atom stereocenters. The fraction of sp³-hybridized carbons (Fsp3) is 0.333. The molecule has 0 aromatic heterocycles. The van der Waals surface area contributed by atoms with E-state index in [0.29, 0.717) is 10.5 Å². The molecular weight excluding hydrogens is 264 g/mol. The third-order valence-electron chi connectivity index (χ3n) is 2.08. The molecule has 94 valence electrons. The van der Waals surface area contributed by atoms with E-state index >= 15 is 0 Å². The predicted molar refractivity (Wildman–Crippen MR) is 66.5 cm³/mol. The van der Waals surface area contributed by atoms with Gasteiger partial charge in [0.05, 0.1) is 10.7 Å². The number of hydrogen-bond acceptors (Lipinski definition) is 5. The lowest BCUT2D eigenvalue weighted by Gasteiger charge is -2.05. The molecule has 0 bridgehead atoms. The van der Waals surface area contributed by atoms with E-state index in [-0.39, 0.29) is 17.2 Å². The number of nitrogens with two attached hydrogens (primary N) is 1. The molecule has 0 fully saturated rings. The maximum atomic E-state index is 10.7. The second-order valence-corrected chi connectivity index (χ2v) is 6.24. The maximum Gasteiger partial charge on any atom is 0.273 e. The van der Waals surface area contributed by atoms with Crippen LogP contribution in [0.5, 0.6) is 0 Å². The van der Waals surface area contributed by atoms with Gasteiger partial charge in [-0.05, 0) is 13.0 Å². The summed E-state index contributed by atoms with van der Waals surface area (Å²) in [4.78, 5) is 10.9. The van der Waals surface area contributed by atoms with Crippen LogP contribution in [-0.2, 0) is 10.0 Å². The summed E-state index contributed by atoms with van der Waals surface area (Å²) in [6.07, 6.45) is 0. The van der Waals surface area contributed by atoms with Gasteiger partial charge in [-0.25, -0.2) is 13.6 Å². The first-order valence-corrected chi connectivity index (χ1v) is 7.38. The minimum absolute atomic E-state index is 0.0330. The molecule has 0 spiro atoms. The first-order chi connectivity index (χ1) is 7.81. The summed E-state index contributed by atoms with van der Waals surface area (Å²) in [5.74, 6) is 0.126. The van der Waals surface area contributed by atoms with E-state index in [4.69, 9.17) is 5.14 Å². The van der Waals surface area contributed by atoms with Crippen molar-refractivity contribution in [3.8, 4) is 0 Å². The van der Waals surface area contributed by atoms with Gasteiger partial charge in [0, 0.05) is 22.3 Å². The quantitative estimate of drug-likeness (QED) is 0.495. The molecule has 0 aliphatic carbocycles. The first kappa shape index (κ1) is 13.9. The highest BCUT2D eigenvalue weighted by Crippen LogP contribution is 2.28. The Kier molecular flexibility index (Phi) is 4.49. The average Bonchev–Trinajstić information content (AvgIpc) is 2.18. The third kappa shape index (κ3) is 4.33. The number of rotatable bonds is 5. The van der Waals surface area contributed by atoms with E-state index in [1.54, 1.807) is 19.1 Å². The third-order valence-corrected chi connectivity index (χ3v) is 4.27. The minimum Gasteiger partial charge on any atom is -0.258 e. The van der Waals surface area contributed by atoms with Crippen molar-refractivity contribution in [2.75, 3.05) is 11.5 Å². The summed E-state index contributed by atoms with van der Waals surface area (Å²) in [7, 11) is -3.49. The number of benzene rings is 1. The van der Waals surface area contributed by atoms with Crippen molar-refractivity contribution >= 4 is 27.5 Å². The topological polar surface area (TPSA) is 103 Å². The molecule has 0 aliphatic heterocycles. The Labute approximate surface area is 103 Å². The molecule has 0 radical (unpaired) electrons. The SMILES string of the molecule is Cc1c(SCCS(N)(=O)=O)cccc1[N+](=O)[O-]. The molecule has 1 rings (SSSR count). The van der Waals surface area contributed by atoms with E-state index in [1.165, 1.54) is 17.8 Å². The van der Waals surface area contributed by atoms with Crippen LogP contribution in [0.2, 0.25) is 0 Å². The van der Waals surface area contributed by atoms with Crippen LogP contribution in [-0.4, -0.2) is 24.8 Å². The number of nitro groups is 1. The Morgan fingerprint density at radius 3 is 2.65 bits per heavy atom. The van der Waals surface area contributed by atoms with Crippen LogP contribution in [0.1, 0.15) is 5.56 Å². The molecule has 0 aliphatic rings. The number of hydrogen-bond donors (Lipinski definition) is 1. The summed E-state index contributed by atoms with van der Waals surface area (Å²) in [5, 5.41) is 15.6. The summed E-state index contributed by atoms with van der Waals surface area (Å²) < 4.78 is 21.5. The zero-order valence-corrected chi connectivity index (χ0v) is 10.8. The summed E-state index contributed by atoms with van der Waals surface area (Å²) in [6, 6.07) is 4.71. The van der Waals surface area contributed by atoms with Gasteiger partial charge in [0.1, 0.15) is 0 Å². The molecule has 0 heterocycles. The fourth-order valence-electron chi connectivity index (χ4n) is 1.22. The van der Waals surface area contributed by atoms with E-state index < -0.39 is 14.9 Å². The van der Waals surface area contributed by atoms with Gasteiger partial charge < -0.3 is 0 Å².